The van der Waals surface area contributed by atoms with Crippen LogP contribution in [-0.4, -0.2) is 26.2 Å². The van der Waals surface area contributed by atoms with Gasteiger partial charge in [0.05, 0.1) is 17.8 Å². The summed E-state index contributed by atoms with van der Waals surface area (Å²) in [6.07, 6.45) is 5.50. The molecular weight excluding hydrogens is 192 g/mol. The fourth-order valence-corrected chi connectivity index (χ4v) is 2.17. The van der Waals surface area contributed by atoms with Crippen LogP contribution in [0.15, 0.2) is 6.20 Å². The highest BCUT2D eigenvalue weighted by Crippen LogP contribution is 2.38. The van der Waals surface area contributed by atoms with Crippen molar-refractivity contribution in [3.8, 4) is 0 Å². The van der Waals surface area contributed by atoms with E-state index in [0.717, 1.165) is 18.2 Å². The standard InChI is InChI=1S/C10H16N4O/c11-10(3-8(15)4-10)9-6-14(13-12-9)5-7-1-2-7/h6-8,15H,1-5,11H2. The summed E-state index contributed by atoms with van der Waals surface area (Å²) in [6.45, 7) is 0.964. The fourth-order valence-electron chi connectivity index (χ4n) is 2.17. The smallest absolute Gasteiger partial charge is 0.103 e. The Hall–Kier alpha value is -0.940. The van der Waals surface area contributed by atoms with Crippen LogP contribution in [0.1, 0.15) is 31.4 Å². The van der Waals surface area contributed by atoms with E-state index in [4.69, 9.17) is 5.73 Å². The molecule has 0 bridgehead atoms. The van der Waals surface area contributed by atoms with Crippen LogP contribution in [0.2, 0.25) is 0 Å². The Morgan fingerprint density at radius 2 is 2.27 bits per heavy atom. The van der Waals surface area contributed by atoms with E-state index in [1.807, 2.05) is 10.9 Å². The molecule has 0 amide bonds. The highest BCUT2D eigenvalue weighted by molar-refractivity contribution is 5.16. The van der Waals surface area contributed by atoms with Gasteiger partial charge >= 0.3 is 0 Å². The maximum absolute atomic E-state index is 9.27. The average molecular weight is 208 g/mol. The molecule has 0 saturated heterocycles. The molecule has 3 N–H and O–H groups in total. The van der Waals surface area contributed by atoms with E-state index < -0.39 is 5.54 Å². The molecule has 5 heteroatoms. The third-order valence-electron chi connectivity index (χ3n) is 3.39. The van der Waals surface area contributed by atoms with Crippen LogP contribution in [0, 0.1) is 5.92 Å². The van der Waals surface area contributed by atoms with E-state index in [9.17, 15) is 5.11 Å². The molecule has 0 aromatic carbocycles. The molecule has 0 unspecified atom stereocenters. The second kappa shape index (κ2) is 3.02. The summed E-state index contributed by atoms with van der Waals surface area (Å²) in [6, 6.07) is 0. The van der Waals surface area contributed by atoms with Gasteiger partial charge in [-0.15, -0.1) is 5.10 Å². The van der Waals surface area contributed by atoms with E-state index in [0.29, 0.717) is 12.8 Å². The second-order valence-electron chi connectivity index (χ2n) is 4.99. The molecule has 1 aromatic rings. The van der Waals surface area contributed by atoms with Crippen molar-refractivity contribution in [2.45, 2.75) is 43.9 Å². The van der Waals surface area contributed by atoms with Gasteiger partial charge in [-0.2, -0.15) is 0 Å². The van der Waals surface area contributed by atoms with Gasteiger partial charge < -0.3 is 10.8 Å². The molecular formula is C10H16N4O. The van der Waals surface area contributed by atoms with Gasteiger partial charge in [0.1, 0.15) is 5.69 Å². The molecule has 0 spiro atoms. The second-order valence-corrected chi connectivity index (χ2v) is 4.99. The van der Waals surface area contributed by atoms with Crippen molar-refractivity contribution in [2.24, 2.45) is 11.7 Å². The minimum absolute atomic E-state index is 0.261. The zero-order valence-electron chi connectivity index (χ0n) is 8.63. The van der Waals surface area contributed by atoms with Crippen molar-refractivity contribution in [3.05, 3.63) is 11.9 Å². The Bertz CT molecular complexity index is 365. The van der Waals surface area contributed by atoms with Crippen molar-refractivity contribution >= 4 is 0 Å². The molecule has 5 nitrogen and oxygen atoms in total. The summed E-state index contributed by atoms with van der Waals surface area (Å²) >= 11 is 0. The minimum atomic E-state index is -0.429. The lowest BCUT2D eigenvalue weighted by molar-refractivity contribution is 0.0187. The van der Waals surface area contributed by atoms with Crippen LogP contribution < -0.4 is 5.73 Å². The lowest BCUT2D eigenvalue weighted by Crippen LogP contribution is -2.51. The first-order valence-electron chi connectivity index (χ1n) is 5.53. The number of rotatable bonds is 3. The molecule has 0 radical (unpaired) electrons. The van der Waals surface area contributed by atoms with Gasteiger partial charge in [0.2, 0.25) is 0 Å². The van der Waals surface area contributed by atoms with Gasteiger partial charge in [0.15, 0.2) is 0 Å². The molecule has 0 atom stereocenters. The maximum Gasteiger partial charge on any atom is 0.103 e. The third-order valence-corrected chi connectivity index (χ3v) is 3.39. The van der Waals surface area contributed by atoms with Crippen LogP contribution in [0.4, 0.5) is 0 Å². The molecule has 2 saturated carbocycles. The van der Waals surface area contributed by atoms with Crippen molar-refractivity contribution in [2.75, 3.05) is 0 Å². The maximum atomic E-state index is 9.27. The van der Waals surface area contributed by atoms with E-state index in [-0.39, 0.29) is 6.10 Å². The quantitative estimate of drug-likeness (QED) is 0.733. The molecule has 82 valence electrons. The average Bonchev–Trinajstić information content (AvgIpc) is 2.79. The van der Waals surface area contributed by atoms with Gasteiger partial charge in [-0.1, -0.05) is 5.21 Å². The Morgan fingerprint density at radius 3 is 2.87 bits per heavy atom. The topological polar surface area (TPSA) is 77.0 Å². The summed E-state index contributed by atoms with van der Waals surface area (Å²) in [4.78, 5) is 0. The molecule has 15 heavy (non-hydrogen) atoms. The zero-order chi connectivity index (χ0) is 10.5. The van der Waals surface area contributed by atoms with Crippen molar-refractivity contribution in [1.29, 1.82) is 0 Å². The van der Waals surface area contributed by atoms with E-state index in [1.54, 1.807) is 0 Å². The Labute approximate surface area is 88.3 Å². The highest BCUT2D eigenvalue weighted by atomic mass is 16.3. The predicted molar refractivity (Wildman–Crippen MR) is 53.9 cm³/mol. The molecule has 2 aliphatic rings. The Morgan fingerprint density at radius 1 is 1.53 bits per heavy atom. The van der Waals surface area contributed by atoms with E-state index in [1.165, 1.54) is 12.8 Å². The van der Waals surface area contributed by atoms with Gasteiger partial charge in [-0.3, -0.25) is 4.68 Å². The first-order chi connectivity index (χ1) is 7.16. The summed E-state index contributed by atoms with van der Waals surface area (Å²) in [5.74, 6) is 0.792. The number of nitrogens with two attached hydrogens (primary N) is 1. The van der Waals surface area contributed by atoms with Gasteiger partial charge in [0.25, 0.3) is 0 Å². The van der Waals surface area contributed by atoms with Crippen LogP contribution >= 0.6 is 0 Å². The number of aliphatic hydroxyl groups is 1. The third kappa shape index (κ3) is 1.66. The molecule has 3 rings (SSSR count). The highest BCUT2D eigenvalue weighted by Gasteiger charge is 2.43. The van der Waals surface area contributed by atoms with E-state index >= 15 is 0 Å². The van der Waals surface area contributed by atoms with Crippen molar-refractivity contribution < 1.29 is 5.11 Å². The number of nitrogens with zero attached hydrogens (tertiary/aromatic N) is 3. The predicted octanol–water partition coefficient (Wildman–Crippen LogP) is -0.00320. The summed E-state index contributed by atoms with van der Waals surface area (Å²) < 4.78 is 1.88. The molecule has 0 aliphatic heterocycles. The van der Waals surface area contributed by atoms with Crippen molar-refractivity contribution in [3.63, 3.8) is 0 Å². The molecule has 1 aromatic heterocycles. The van der Waals surface area contributed by atoms with E-state index in [2.05, 4.69) is 10.3 Å². The Balaban J connectivity index is 1.72. The lowest BCUT2D eigenvalue weighted by Gasteiger charge is -2.40. The minimum Gasteiger partial charge on any atom is -0.393 e. The van der Waals surface area contributed by atoms with Crippen LogP contribution in [0.25, 0.3) is 0 Å². The Kier molecular flexibility index (Phi) is 1.87. The van der Waals surface area contributed by atoms with Gasteiger partial charge in [-0.25, -0.2) is 0 Å². The van der Waals surface area contributed by atoms with Gasteiger partial charge in [0, 0.05) is 6.54 Å². The number of hydrogen-bond acceptors (Lipinski definition) is 4. The van der Waals surface area contributed by atoms with Crippen molar-refractivity contribution in [1.82, 2.24) is 15.0 Å². The first kappa shape index (κ1) is 9.30. The molecule has 2 aliphatic carbocycles. The normalized spacial score (nSPS) is 35.2. The zero-order valence-corrected chi connectivity index (χ0v) is 8.63. The lowest BCUT2D eigenvalue weighted by atomic mass is 9.73. The largest absolute Gasteiger partial charge is 0.393 e. The fraction of sp³-hybridized carbons (Fsp3) is 0.800. The summed E-state index contributed by atoms with van der Waals surface area (Å²) in [5.41, 5.74) is 6.50. The van der Waals surface area contributed by atoms with Crippen LogP contribution in [0.5, 0.6) is 0 Å². The summed E-state index contributed by atoms with van der Waals surface area (Å²) in [7, 11) is 0. The monoisotopic (exact) mass is 208 g/mol. The summed E-state index contributed by atoms with van der Waals surface area (Å²) in [5, 5.41) is 17.4. The van der Waals surface area contributed by atoms with Gasteiger partial charge in [-0.05, 0) is 31.6 Å². The SMILES string of the molecule is NC1(c2cn(CC3CC3)nn2)CC(O)C1. The first-order valence-corrected chi connectivity index (χ1v) is 5.53. The number of aromatic nitrogens is 3. The van der Waals surface area contributed by atoms with Crippen LogP contribution in [-0.2, 0) is 12.1 Å². The van der Waals surface area contributed by atoms with Crippen LogP contribution in [0.3, 0.4) is 0 Å². The molecule has 1 heterocycles. The number of hydrogen-bond donors (Lipinski definition) is 2. The molecule has 2 fully saturated rings. The number of aliphatic hydroxyl groups excluding tert-OH is 1.